The third-order valence-corrected chi connectivity index (χ3v) is 5.46. The minimum atomic E-state index is -3.30. The summed E-state index contributed by atoms with van der Waals surface area (Å²) in [5, 5.41) is 0. The molecule has 0 aliphatic heterocycles. The van der Waals surface area contributed by atoms with Gasteiger partial charge in [-0.1, -0.05) is 33.1 Å². The molecule has 5 heteroatoms. The van der Waals surface area contributed by atoms with Gasteiger partial charge >= 0.3 is 0 Å². The fourth-order valence-electron chi connectivity index (χ4n) is 2.39. The summed E-state index contributed by atoms with van der Waals surface area (Å²) in [7, 11) is -1.59. The van der Waals surface area contributed by atoms with Gasteiger partial charge in [0.25, 0.3) is 10.2 Å². The maximum Gasteiger partial charge on any atom is 0.279 e. The SMILES string of the molecule is CCC(CC)NS(=O)(=O)N(C)C1CCCCC1. The van der Waals surface area contributed by atoms with Crippen LogP contribution in [0.15, 0.2) is 0 Å². The van der Waals surface area contributed by atoms with E-state index < -0.39 is 10.2 Å². The van der Waals surface area contributed by atoms with Crippen molar-refractivity contribution in [2.75, 3.05) is 7.05 Å². The molecule has 1 saturated carbocycles. The number of hydrogen-bond acceptors (Lipinski definition) is 2. The minimum absolute atomic E-state index is 0.0611. The first kappa shape index (κ1) is 14.9. The van der Waals surface area contributed by atoms with Crippen molar-refractivity contribution in [1.29, 1.82) is 0 Å². The van der Waals surface area contributed by atoms with Crippen LogP contribution in [-0.4, -0.2) is 31.9 Å². The van der Waals surface area contributed by atoms with E-state index in [0.717, 1.165) is 38.5 Å². The molecule has 0 radical (unpaired) electrons. The molecular formula is C12H26N2O2S. The molecule has 0 atom stereocenters. The summed E-state index contributed by atoms with van der Waals surface area (Å²) >= 11 is 0. The summed E-state index contributed by atoms with van der Waals surface area (Å²) in [6, 6.07) is 0.252. The molecule has 4 nitrogen and oxygen atoms in total. The summed E-state index contributed by atoms with van der Waals surface area (Å²) in [4.78, 5) is 0. The Morgan fingerprint density at radius 3 is 2.18 bits per heavy atom. The molecule has 0 spiro atoms. The first-order chi connectivity index (χ1) is 8.01. The zero-order valence-corrected chi connectivity index (χ0v) is 12.1. The average molecular weight is 262 g/mol. The standard InChI is InChI=1S/C12H26N2O2S/c1-4-11(5-2)13-17(15,16)14(3)12-9-7-6-8-10-12/h11-13H,4-10H2,1-3H3. The van der Waals surface area contributed by atoms with E-state index in [2.05, 4.69) is 4.72 Å². The Labute approximate surface area is 106 Å². The summed E-state index contributed by atoms with van der Waals surface area (Å²) in [5.74, 6) is 0. The van der Waals surface area contributed by atoms with E-state index in [1.807, 2.05) is 13.8 Å². The van der Waals surface area contributed by atoms with Crippen molar-refractivity contribution >= 4 is 10.2 Å². The van der Waals surface area contributed by atoms with E-state index in [4.69, 9.17) is 0 Å². The lowest BCUT2D eigenvalue weighted by molar-refractivity contribution is 0.281. The van der Waals surface area contributed by atoms with Crippen LogP contribution in [0.25, 0.3) is 0 Å². The van der Waals surface area contributed by atoms with Crippen LogP contribution in [-0.2, 0) is 10.2 Å². The first-order valence-electron chi connectivity index (χ1n) is 6.76. The third kappa shape index (κ3) is 4.23. The van der Waals surface area contributed by atoms with Crippen LogP contribution in [0.3, 0.4) is 0 Å². The molecule has 0 amide bonds. The van der Waals surface area contributed by atoms with Gasteiger partial charge in [-0.25, -0.2) is 0 Å². The summed E-state index contributed by atoms with van der Waals surface area (Å²) in [5.41, 5.74) is 0. The maximum absolute atomic E-state index is 12.2. The molecule has 1 aliphatic rings. The highest BCUT2D eigenvalue weighted by atomic mass is 32.2. The van der Waals surface area contributed by atoms with Crippen molar-refractivity contribution in [1.82, 2.24) is 9.03 Å². The molecule has 0 heterocycles. The van der Waals surface area contributed by atoms with Crippen LogP contribution in [0.2, 0.25) is 0 Å². The Kier molecular flexibility index (Phi) is 5.89. The smallest absolute Gasteiger partial charge is 0.199 e. The lowest BCUT2D eigenvalue weighted by atomic mass is 9.96. The Morgan fingerprint density at radius 1 is 1.18 bits per heavy atom. The number of nitrogens with zero attached hydrogens (tertiary/aromatic N) is 1. The highest BCUT2D eigenvalue weighted by Gasteiger charge is 2.28. The fourth-order valence-corrected chi connectivity index (χ4v) is 3.91. The zero-order valence-electron chi connectivity index (χ0n) is 11.3. The topological polar surface area (TPSA) is 49.4 Å². The molecule has 0 aromatic carbocycles. The quantitative estimate of drug-likeness (QED) is 0.798. The van der Waals surface area contributed by atoms with Crippen LogP contribution in [0, 0.1) is 0 Å². The van der Waals surface area contributed by atoms with Gasteiger partial charge in [-0.05, 0) is 25.7 Å². The van der Waals surface area contributed by atoms with Crippen molar-refractivity contribution in [2.45, 2.75) is 70.9 Å². The second-order valence-corrected chi connectivity index (χ2v) is 6.71. The molecule has 1 fully saturated rings. The summed E-state index contributed by atoms with van der Waals surface area (Å²) < 4.78 is 28.7. The molecule has 17 heavy (non-hydrogen) atoms. The Hall–Kier alpha value is -0.130. The third-order valence-electron chi connectivity index (χ3n) is 3.77. The van der Waals surface area contributed by atoms with Gasteiger partial charge in [-0.15, -0.1) is 0 Å². The van der Waals surface area contributed by atoms with Crippen molar-refractivity contribution in [3.8, 4) is 0 Å². The fraction of sp³-hybridized carbons (Fsp3) is 1.00. The van der Waals surface area contributed by atoms with Crippen molar-refractivity contribution in [3.63, 3.8) is 0 Å². The average Bonchev–Trinajstić information content (AvgIpc) is 2.36. The van der Waals surface area contributed by atoms with E-state index in [1.165, 1.54) is 6.42 Å². The molecule has 1 aliphatic carbocycles. The Morgan fingerprint density at radius 2 is 1.71 bits per heavy atom. The number of rotatable bonds is 6. The summed E-state index contributed by atoms with van der Waals surface area (Å²) in [6.07, 6.45) is 7.22. The molecule has 0 bridgehead atoms. The van der Waals surface area contributed by atoms with Crippen LogP contribution in [0.1, 0.15) is 58.8 Å². The Bertz CT molecular complexity index is 306. The van der Waals surface area contributed by atoms with E-state index in [0.29, 0.717) is 0 Å². The molecule has 0 saturated heterocycles. The highest BCUT2D eigenvalue weighted by Crippen LogP contribution is 2.23. The maximum atomic E-state index is 12.2. The predicted octanol–water partition coefficient (Wildman–Crippen LogP) is 2.27. The van der Waals surface area contributed by atoms with Gasteiger partial charge in [0.1, 0.15) is 0 Å². The lowest BCUT2D eigenvalue weighted by Crippen LogP contribution is -2.48. The van der Waals surface area contributed by atoms with Gasteiger partial charge in [-0.3, -0.25) is 0 Å². The van der Waals surface area contributed by atoms with Crippen LogP contribution >= 0.6 is 0 Å². The Balaban J connectivity index is 2.61. The molecule has 1 rings (SSSR count). The molecule has 0 aromatic rings. The molecule has 1 N–H and O–H groups in total. The first-order valence-corrected chi connectivity index (χ1v) is 8.20. The monoisotopic (exact) mass is 262 g/mol. The van der Waals surface area contributed by atoms with Crippen LogP contribution in [0.4, 0.5) is 0 Å². The van der Waals surface area contributed by atoms with E-state index in [1.54, 1.807) is 11.4 Å². The van der Waals surface area contributed by atoms with Crippen molar-refractivity contribution in [2.24, 2.45) is 0 Å². The van der Waals surface area contributed by atoms with Gasteiger partial charge in [-0.2, -0.15) is 17.4 Å². The van der Waals surface area contributed by atoms with Gasteiger partial charge < -0.3 is 0 Å². The second kappa shape index (κ2) is 6.71. The number of hydrogen-bond donors (Lipinski definition) is 1. The minimum Gasteiger partial charge on any atom is -0.199 e. The van der Waals surface area contributed by atoms with Crippen molar-refractivity contribution in [3.05, 3.63) is 0 Å². The van der Waals surface area contributed by atoms with Crippen LogP contribution < -0.4 is 4.72 Å². The van der Waals surface area contributed by atoms with Crippen molar-refractivity contribution < 1.29 is 8.42 Å². The second-order valence-electron chi connectivity index (χ2n) is 4.94. The molecule has 0 unspecified atom stereocenters. The molecule has 102 valence electrons. The largest absolute Gasteiger partial charge is 0.279 e. The van der Waals surface area contributed by atoms with E-state index >= 15 is 0 Å². The highest BCUT2D eigenvalue weighted by molar-refractivity contribution is 7.87. The molecular weight excluding hydrogens is 236 g/mol. The van der Waals surface area contributed by atoms with Gasteiger partial charge in [0.15, 0.2) is 0 Å². The van der Waals surface area contributed by atoms with Gasteiger partial charge in [0.05, 0.1) is 0 Å². The normalized spacial score (nSPS) is 19.1. The van der Waals surface area contributed by atoms with E-state index in [-0.39, 0.29) is 12.1 Å². The zero-order chi connectivity index (χ0) is 12.9. The van der Waals surface area contributed by atoms with Gasteiger partial charge in [0.2, 0.25) is 0 Å². The summed E-state index contributed by atoms with van der Waals surface area (Å²) in [6.45, 7) is 4.02. The van der Waals surface area contributed by atoms with E-state index in [9.17, 15) is 8.42 Å². The predicted molar refractivity (Wildman–Crippen MR) is 71.1 cm³/mol. The lowest BCUT2D eigenvalue weighted by Gasteiger charge is -2.31. The molecule has 0 aromatic heterocycles. The van der Waals surface area contributed by atoms with Gasteiger partial charge in [0, 0.05) is 19.1 Å². The number of nitrogens with one attached hydrogen (secondary N) is 1. The van der Waals surface area contributed by atoms with Crippen LogP contribution in [0.5, 0.6) is 0 Å².